The van der Waals surface area contributed by atoms with Crippen molar-refractivity contribution in [2.45, 2.75) is 54.9 Å². The summed E-state index contributed by atoms with van der Waals surface area (Å²) in [7, 11) is 0. The highest BCUT2D eigenvalue weighted by Gasteiger charge is 2.00. The van der Waals surface area contributed by atoms with E-state index in [0.29, 0.717) is 23.4 Å². The van der Waals surface area contributed by atoms with Gasteiger partial charge in [-0.15, -0.1) is 0 Å². The molecule has 0 fully saturated rings. The van der Waals surface area contributed by atoms with E-state index in [1.54, 1.807) is 48.5 Å². The number of rotatable bonds is 4. The number of aromatic hydroxyl groups is 2. The van der Waals surface area contributed by atoms with Gasteiger partial charge in [0.25, 0.3) is 0 Å². The van der Waals surface area contributed by atoms with Crippen molar-refractivity contribution in [1.82, 2.24) is 15.0 Å². The molecule has 0 unspecified atom stereocenters. The number of phenolic OH excluding ortho intramolecular Hbond substituents is 2. The van der Waals surface area contributed by atoms with Crippen molar-refractivity contribution in [2.24, 2.45) is 0 Å². The summed E-state index contributed by atoms with van der Waals surface area (Å²) in [6, 6.07) is 17.4. The Kier molecular flexibility index (Phi) is 21.5. The van der Waals surface area contributed by atoms with E-state index in [0.717, 1.165) is 18.9 Å². The van der Waals surface area contributed by atoms with E-state index in [4.69, 9.17) is 10.2 Å². The van der Waals surface area contributed by atoms with Crippen molar-refractivity contribution in [2.75, 3.05) is 23.7 Å². The van der Waals surface area contributed by atoms with Gasteiger partial charge in [-0.05, 0) is 45.0 Å². The van der Waals surface area contributed by atoms with E-state index in [2.05, 4.69) is 39.4 Å². The highest BCUT2D eigenvalue weighted by atomic mass is 16.3. The third-order valence-corrected chi connectivity index (χ3v) is 2.93. The van der Waals surface area contributed by atoms with Crippen LogP contribution in [0.2, 0.25) is 0 Å². The quantitative estimate of drug-likeness (QED) is 0.377. The molecular formula is C25H41N5O2. The van der Waals surface area contributed by atoms with Gasteiger partial charge < -0.3 is 20.8 Å². The maximum Gasteiger partial charge on any atom is 0.227 e. The summed E-state index contributed by atoms with van der Waals surface area (Å²) in [5.41, 5.74) is 0. The van der Waals surface area contributed by atoms with Crippen LogP contribution in [0.4, 0.5) is 11.9 Å². The standard InChI is InChI=1S/C8H15N5.2C6H6O.C3H8.C2H6/c1-4-9-7-11-6(3)12-8(13-7)10-5-2;2*7-6-4-2-1-3-5-6;1-3-2;1-2/h4-5H2,1-3H3,(H2,9,10,11,12,13);2*1-5,7H;3H2,1-2H3;1-2H3. The lowest BCUT2D eigenvalue weighted by molar-refractivity contribution is 0.475. The lowest BCUT2D eigenvalue weighted by atomic mass is 10.3. The number of nitrogens with zero attached hydrogens (tertiary/aromatic N) is 3. The molecule has 2 aromatic carbocycles. The zero-order valence-corrected chi connectivity index (χ0v) is 20.6. The molecule has 0 atom stereocenters. The summed E-state index contributed by atoms with van der Waals surface area (Å²) in [4.78, 5) is 12.4. The van der Waals surface area contributed by atoms with Crippen LogP contribution in [-0.2, 0) is 0 Å². The Bertz CT molecular complexity index is 710. The zero-order valence-electron chi connectivity index (χ0n) is 20.6. The van der Waals surface area contributed by atoms with Crippen molar-refractivity contribution in [1.29, 1.82) is 0 Å². The molecule has 0 amide bonds. The van der Waals surface area contributed by atoms with Crippen molar-refractivity contribution in [3.63, 3.8) is 0 Å². The second-order valence-electron chi connectivity index (χ2n) is 5.97. The third-order valence-electron chi connectivity index (χ3n) is 2.93. The molecule has 3 aromatic rings. The number of phenols is 2. The van der Waals surface area contributed by atoms with E-state index in [1.165, 1.54) is 6.42 Å². The van der Waals surface area contributed by atoms with Gasteiger partial charge in [-0.25, -0.2) is 0 Å². The number of anilines is 2. The first kappa shape index (κ1) is 30.8. The minimum Gasteiger partial charge on any atom is -0.508 e. The number of para-hydroxylation sites is 2. The average Bonchev–Trinajstić information content (AvgIpc) is 2.78. The topological polar surface area (TPSA) is 103 Å². The van der Waals surface area contributed by atoms with E-state index in [9.17, 15) is 0 Å². The maximum atomic E-state index is 8.63. The van der Waals surface area contributed by atoms with Crippen LogP contribution < -0.4 is 10.6 Å². The van der Waals surface area contributed by atoms with Crippen LogP contribution in [0.1, 0.15) is 53.8 Å². The van der Waals surface area contributed by atoms with Crippen LogP contribution in [-0.4, -0.2) is 38.3 Å². The molecule has 3 rings (SSSR count). The summed E-state index contributed by atoms with van der Waals surface area (Å²) in [6.45, 7) is 15.7. The first-order valence-electron chi connectivity index (χ1n) is 11.1. The SMILES string of the molecule is CC.CCC.CCNc1nc(C)nc(NCC)n1.Oc1ccccc1.Oc1ccccc1. The van der Waals surface area contributed by atoms with Gasteiger partial charge in [0.2, 0.25) is 11.9 Å². The molecular weight excluding hydrogens is 402 g/mol. The Balaban J connectivity index is 0. The van der Waals surface area contributed by atoms with Gasteiger partial charge in [0, 0.05) is 13.1 Å². The minimum absolute atomic E-state index is 0.322. The van der Waals surface area contributed by atoms with Crippen molar-refractivity contribution >= 4 is 11.9 Å². The molecule has 0 radical (unpaired) electrons. The first-order valence-corrected chi connectivity index (χ1v) is 11.1. The second kappa shape index (κ2) is 22.3. The Labute approximate surface area is 194 Å². The second-order valence-corrected chi connectivity index (χ2v) is 5.97. The molecule has 0 aliphatic heterocycles. The summed E-state index contributed by atoms with van der Waals surface area (Å²) in [5, 5.41) is 23.4. The Morgan fingerprint density at radius 1 is 0.625 bits per heavy atom. The van der Waals surface area contributed by atoms with Crippen LogP contribution in [0.25, 0.3) is 0 Å². The van der Waals surface area contributed by atoms with Crippen LogP contribution in [0.3, 0.4) is 0 Å². The summed E-state index contributed by atoms with van der Waals surface area (Å²) in [6.07, 6.45) is 1.25. The third kappa shape index (κ3) is 18.7. The molecule has 0 saturated heterocycles. The van der Waals surface area contributed by atoms with E-state index < -0.39 is 0 Å². The summed E-state index contributed by atoms with van der Waals surface area (Å²) in [5.74, 6) is 2.63. The Morgan fingerprint density at radius 3 is 1.16 bits per heavy atom. The van der Waals surface area contributed by atoms with Gasteiger partial charge in [-0.3, -0.25) is 0 Å². The average molecular weight is 444 g/mol. The highest BCUT2D eigenvalue weighted by molar-refractivity contribution is 5.33. The van der Waals surface area contributed by atoms with Gasteiger partial charge >= 0.3 is 0 Å². The largest absolute Gasteiger partial charge is 0.508 e. The lowest BCUT2D eigenvalue weighted by Gasteiger charge is -2.05. The van der Waals surface area contributed by atoms with E-state index in [-0.39, 0.29) is 0 Å². The molecule has 1 heterocycles. The van der Waals surface area contributed by atoms with Crippen LogP contribution in [0.15, 0.2) is 60.7 Å². The van der Waals surface area contributed by atoms with E-state index in [1.807, 2.05) is 46.8 Å². The predicted molar refractivity (Wildman–Crippen MR) is 136 cm³/mol. The summed E-state index contributed by atoms with van der Waals surface area (Å²) >= 11 is 0. The van der Waals surface area contributed by atoms with E-state index >= 15 is 0 Å². The predicted octanol–water partition coefficient (Wildman–Crippen LogP) is 6.27. The van der Waals surface area contributed by atoms with Gasteiger partial charge in [0.05, 0.1) is 0 Å². The molecule has 0 spiro atoms. The van der Waals surface area contributed by atoms with Crippen molar-refractivity contribution in [3.05, 3.63) is 66.5 Å². The molecule has 1 aromatic heterocycles. The van der Waals surface area contributed by atoms with Crippen LogP contribution in [0.5, 0.6) is 11.5 Å². The van der Waals surface area contributed by atoms with Crippen LogP contribution in [0, 0.1) is 6.92 Å². The monoisotopic (exact) mass is 443 g/mol. The molecule has 0 aliphatic carbocycles. The molecule has 7 heteroatoms. The number of aryl methyl sites for hydroxylation is 1. The fourth-order valence-corrected chi connectivity index (χ4v) is 1.81. The molecule has 4 N–H and O–H groups in total. The fourth-order valence-electron chi connectivity index (χ4n) is 1.81. The number of nitrogens with one attached hydrogen (secondary N) is 2. The van der Waals surface area contributed by atoms with Gasteiger partial charge in [0.1, 0.15) is 17.3 Å². The zero-order chi connectivity index (χ0) is 24.6. The fraction of sp³-hybridized carbons (Fsp3) is 0.400. The van der Waals surface area contributed by atoms with Gasteiger partial charge in [-0.1, -0.05) is 70.5 Å². The maximum absolute atomic E-state index is 8.63. The first-order chi connectivity index (χ1) is 15.5. The number of aromatic nitrogens is 3. The Morgan fingerprint density at radius 2 is 0.938 bits per heavy atom. The van der Waals surface area contributed by atoms with Crippen LogP contribution >= 0.6 is 0 Å². The van der Waals surface area contributed by atoms with Gasteiger partial charge in [0.15, 0.2) is 0 Å². The number of hydrogen-bond donors (Lipinski definition) is 4. The summed E-state index contributed by atoms with van der Waals surface area (Å²) < 4.78 is 0. The number of benzene rings is 2. The number of hydrogen-bond acceptors (Lipinski definition) is 7. The molecule has 0 saturated carbocycles. The van der Waals surface area contributed by atoms with Gasteiger partial charge in [-0.2, -0.15) is 15.0 Å². The van der Waals surface area contributed by atoms with Crippen molar-refractivity contribution < 1.29 is 10.2 Å². The Hall–Kier alpha value is -3.35. The molecule has 0 bridgehead atoms. The minimum atomic E-state index is 0.322. The highest BCUT2D eigenvalue weighted by Crippen LogP contribution is 2.04. The molecule has 7 nitrogen and oxygen atoms in total. The molecule has 32 heavy (non-hydrogen) atoms. The molecule has 178 valence electrons. The normalized spacial score (nSPS) is 8.47. The lowest BCUT2D eigenvalue weighted by Crippen LogP contribution is -2.09. The molecule has 0 aliphatic rings. The smallest absolute Gasteiger partial charge is 0.227 e. The van der Waals surface area contributed by atoms with Crippen molar-refractivity contribution in [3.8, 4) is 11.5 Å².